The maximum absolute atomic E-state index is 4.69. The minimum absolute atomic E-state index is 0.270. The summed E-state index contributed by atoms with van der Waals surface area (Å²) >= 11 is 0.529. The zero-order valence-electron chi connectivity index (χ0n) is 15.3. The van der Waals surface area contributed by atoms with E-state index in [0.717, 1.165) is 16.9 Å². The van der Waals surface area contributed by atoms with Crippen molar-refractivity contribution in [2.24, 2.45) is 16.1 Å². The van der Waals surface area contributed by atoms with Gasteiger partial charge in [-0.05, 0) is 0 Å². The molecular weight excluding hydrogens is 383 g/mol. The molecule has 0 radical (unpaired) electrons. The third kappa shape index (κ3) is 4.00. The molecule has 1 unspecified atom stereocenters. The number of azo groups is 1. The zero-order chi connectivity index (χ0) is 17.8. The van der Waals surface area contributed by atoms with Crippen LogP contribution < -0.4 is 4.46 Å². The average molecular weight is 409 g/mol. The molecule has 1 aliphatic heterocycles. The number of hydrogen-bond donors (Lipinski definition) is 0. The third-order valence-electron chi connectivity index (χ3n) is 5.51. The SMILES string of the molecule is CCc1ccc(C2=CC([C@@H]3CCCC[C@H]3[Se]c3ccccc3)N=N2)cc1. The second kappa shape index (κ2) is 8.33. The molecule has 2 aliphatic rings. The van der Waals surface area contributed by atoms with Gasteiger partial charge in [-0.1, -0.05) is 0 Å². The summed E-state index contributed by atoms with van der Waals surface area (Å²) in [5.41, 5.74) is 3.64. The van der Waals surface area contributed by atoms with Crippen LogP contribution in [0.3, 0.4) is 0 Å². The average Bonchev–Trinajstić information content (AvgIpc) is 3.19. The fourth-order valence-corrected chi connectivity index (χ4v) is 6.95. The summed E-state index contributed by atoms with van der Waals surface area (Å²) in [6, 6.07) is 20.1. The van der Waals surface area contributed by atoms with Crippen LogP contribution in [0, 0.1) is 5.92 Å². The van der Waals surface area contributed by atoms with Crippen LogP contribution in [0.2, 0.25) is 4.82 Å². The normalized spacial score (nSPS) is 25.3. The van der Waals surface area contributed by atoms with E-state index in [1.54, 1.807) is 0 Å². The van der Waals surface area contributed by atoms with E-state index >= 15 is 0 Å². The Kier molecular flexibility index (Phi) is 5.67. The molecule has 1 saturated carbocycles. The Morgan fingerprint density at radius 2 is 1.73 bits per heavy atom. The molecule has 2 aromatic carbocycles. The first-order valence-electron chi connectivity index (χ1n) is 9.77. The number of nitrogens with zero attached hydrogens (tertiary/aromatic N) is 2. The summed E-state index contributed by atoms with van der Waals surface area (Å²) in [5.74, 6) is 0.653. The molecule has 4 rings (SSSR count). The Hall–Kier alpha value is -1.70. The van der Waals surface area contributed by atoms with Crippen molar-refractivity contribution < 1.29 is 0 Å². The standard InChI is InChI=1S/C23H26N2Se/c1-2-17-12-14-18(15-13-17)21-16-22(25-24-21)20-10-6-7-11-23(20)26-19-8-4-3-5-9-19/h3-5,8-9,12-16,20,22-23H,2,6-7,10-11H2,1H3/t20-,22?,23+/m0/s1. The van der Waals surface area contributed by atoms with Crippen LogP contribution >= 0.6 is 0 Å². The van der Waals surface area contributed by atoms with Gasteiger partial charge in [0.25, 0.3) is 0 Å². The molecule has 2 aromatic rings. The van der Waals surface area contributed by atoms with E-state index in [-0.39, 0.29) is 6.04 Å². The molecule has 3 heteroatoms. The van der Waals surface area contributed by atoms with Crippen molar-refractivity contribution >= 4 is 25.1 Å². The first kappa shape index (κ1) is 17.7. The minimum atomic E-state index is 0.270. The zero-order valence-corrected chi connectivity index (χ0v) is 17.1. The van der Waals surface area contributed by atoms with Crippen molar-refractivity contribution in [1.29, 1.82) is 0 Å². The second-order valence-corrected chi connectivity index (χ2v) is 9.98. The topological polar surface area (TPSA) is 24.7 Å². The van der Waals surface area contributed by atoms with Gasteiger partial charge in [-0.2, -0.15) is 0 Å². The molecule has 134 valence electrons. The van der Waals surface area contributed by atoms with Gasteiger partial charge in [0.2, 0.25) is 0 Å². The molecule has 0 bridgehead atoms. The number of rotatable bonds is 5. The van der Waals surface area contributed by atoms with E-state index < -0.39 is 0 Å². The van der Waals surface area contributed by atoms with Crippen LogP contribution in [0.1, 0.15) is 43.7 Å². The molecular formula is C23H26N2Se. The quantitative estimate of drug-likeness (QED) is 0.588. The van der Waals surface area contributed by atoms with Crippen molar-refractivity contribution in [2.45, 2.75) is 49.9 Å². The summed E-state index contributed by atoms with van der Waals surface area (Å²) in [4.78, 5) is 0.778. The van der Waals surface area contributed by atoms with E-state index in [9.17, 15) is 0 Å². The first-order chi connectivity index (χ1) is 12.8. The Bertz CT molecular complexity index is 780. The van der Waals surface area contributed by atoms with E-state index in [1.807, 2.05) is 0 Å². The van der Waals surface area contributed by atoms with E-state index in [4.69, 9.17) is 5.11 Å². The molecule has 1 aliphatic carbocycles. The van der Waals surface area contributed by atoms with Crippen LogP contribution in [0.25, 0.3) is 5.70 Å². The Labute approximate surface area is 163 Å². The van der Waals surface area contributed by atoms with Gasteiger partial charge in [0, 0.05) is 0 Å². The van der Waals surface area contributed by atoms with Gasteiger partial charge in [0.15, 0.2) is 0 Å². The monoisotopic (exact) mass is 410 g/mol. The van der Waals surface area contributed by atoms with Crippen molar-refractivity contribution in [3.63, 3.8) is 0 Å². The van der Waals surface area contributed by atoms with Crippen LogP contribution in [0.5, 0.6) is 0 Å². The fraction of sp³-hybridized carbons (Fsp3) is 0.391. The fourth-order valence-electron chi connectivity index (χ4n) is 3.97. The Balaban J connectivity index is 1.50. The van der Waals surface area contributed by atoms with Gasteiger partial charge in [-0.3, -0.25) is 0 Å². The van der Waals surface area contributed by atoms with Gasteiger partial charge in [-0.15, -0.1) is 0 Å². The van der Waals surface area contributed by atoms with Gasteiger partial charge in [0.1, 0.15) is 0 Å². The predicted molar refractivity (Wildman–Crippen MR) is 110 cm³/mol. The summed E-state index contributed by atoms with van der Waals surface area (Å²) in [6.45, 7) is 2.19. The van der Waals surface area contributed by atoms with Crippen LogP contribution in [-0.2, 0) is 6.42 Å². The molecule has 1 heterocycles. The van der Waals surface area contributed by atoms with Crippen LogP contribution in [0.4, 0.5) is 0 Å². The number of aryl methyl sites for hydroxylation is 1. The molecule has 0 saturated heterocycles. The van der Waals surface area contributed by atoms with Gasteiger partial charge < -0.3 is 0 Å². The number of hydrogen-bond acceptors (Lipinski definition) is 2. The van der Waals surface area contributed by atoms with E-state index in [2.05, 4.69) is 72.7 Å². The third-order valence-corrected chi connectivity index (χ3v) is 8.51. The summed E-state index contributed by atoms with van der Waals surface area (Å²) in [6.07, 6.45) is 8.75. The van der Waals surface area contributed by atoms with Crippen molar-refractivity contribution in [1.82, 2.24) is 0 Å². The first-order valence-corrected chi connectivity index (χ1v) is 11.6. The predicted octanol–water partition coefficient (Wildman–Crippen LogP) is 5.43. The van der Waals surface area contributed by atoms with Crippen LogP contribution in [-0.4, -0.2) is 21.0 Å². The summed E-state index contributed by atoms with van der Waals surface area (Å²) in [5, 5.41) is 9.25. The molecule has 2 nitrogen and oxygen atoms in total. The van der Waals surface area contributed by atoms with Crippen molar-refractivity contribution in [3.8, 4) is 0 Å². The molecule has 0 N–H and O–H groups in total. The van der Waals surface area contributed by atoms with Crippen molar-refractivity contribution in [2.75, 3.05) is 0 Å². The Morgan fingerprint density at radius 1 is 0.962 bits per heavy atom. The molecule has 0 amide bonds. The molecule has 0 aromatic heterocycles. The van der Waals surface area contributed by atoms with Crippen molar-refractivity contribution in [3.05, 3.63) is 71.8 Å². The molecule has 26 heavy (non-hydrogen) atoms. The second-order valence-electron chi connectivity index (χ2n) is 7.23. The van der Waals surface area contributed by atoms with Gasteiger partial charge in [0.05, 0.1) is 0 Å². The van der Waals surface area contributed by atoms with Crippen LogP contribution in [0.15, 0.2) is 70.9 Å². The summed E-state index contributed by atoms with van der Waals surface area (Å²) in [7, 11) is 0. The van der Waals surface area contributed by atoms with E-state index in [1.165, 1.54) is 41.3 Å². The van der Waals surface area contributed by atoms with Gasteiger partial charge >= 0.3 is 163 Å². The number of benzene rings is 2. The maximum atomic E-state index is 4.69. The molecule has 1 fully saturated rings. The molecule has 0 spiro atoms. The summed E-state index contributed by atoms with van der Waals surface area (Å²) < 4.78 is 1.52. The Morgan fingerprint density at radius 3 is 2.50 bits per heavy atom. The molecule has 3 atom stereocenters. The van der Waals surface area contributed by atoms with Gasteiger partial charge in [-0.25, -0.2) is 0 Å². The van der Waals surface area contributed by atoms with E-state index in [0.29, 0.717) is 20.9 Å².